The topological polar surface area (TPSA) is 35.5 Å². The first kappa shape index (κ1) is 13.4. The first-order valence-corrected chi connectivity index (χ1v) is 7.02. The van der Waals surface area contributed by atoms with Crippen LogP contribution in [0.3, 0.4) is 0 Å². The van der Waals surface area contributed by atoms with Gasteiger partial charge in [-0.05, 0) is 37.4 Å². The van der Waals surface area contributed by atoms with Gasteiger partial charge in [0.2, 0.25) is 0 Å². The zero-order valence-corrected chi connectivity index (χ0v) is 11.2. The van der Waals surface area contributed by atoms with Crippen LogP contribution in [0, 0.1) is 0 Å². The van der Waals surface area contributed by atoms with Gasteiger partial charge in [-0.2, -0.15) is 0 Å². The van der Waals surface area contributed by atoms with E-state index in [4.69, 9.17) is 0 Å². The van der Waals surface area contributed by atoms with Gasteiger partial charge in [0.25, 0.3) is 0 Å². The molecule has 0 aromatic heterocycles. The average molecular weight is 248 g/mol. The Morgan fingerprint density at radius 1 is 1.39 bits per heavy atom. The fourth-order valence-corrected chi connectivity index (χ4v) is 2.60. The Morgan fingerprint density at radius 2 is 2.22 bits per heavy atom. The molecule has 1 aliphatic rings. The number of benzene rings is 1. The van der Waals surface area contributed by atoms with E-state index in [-0.39, 0.29) is 12.6 Å². The first-order chi connectivity index (χ1) is 8.85. The van der Waals surface area contributed by atoms with E-state index in [2.05, 4.69) is 41.4 Å². The van der Waals surface area contributed by atoms with Crippen LogP contribution in [0.15, 0.2) is 24.3 Å². The molecular formula is C15H24N2O. The molecular weight excluding hydrogens is 224 g/mol. The highest BCUT2D eigenvalue weighted by Gasteiger charge is 2.19. The number of aliphatic hydroxyl groups excluding tert-OH is 1. The van der Waals surface area contributed by atoms with Crippen molar-refractivity contribution in [2.45, 2.75) is 32.2 Å². The number of fused-ring (bicyclic) bond motifs is 1. The van der Waals surface area contributed by atoms with E-state index >= 15 is 0 Å². The van der Waals surface area contributed by atoms with Crippen LogP contribution in [0.5, 0.6) is 0 Å². The van der Waals surface area contributed by atoms with Gasteiger partial charge < -0.3 is 15.3 Å². The Kier molecular flexibility index (Phi) is 5.02. The molecule has 1 heterocycles. The SMILES string of the molecule is CCCNC(CO)CN1CCCc2ccccc21. The maximum atomic E-state index is 9.44. The predicted molar refractivity (Wildman–Crippen MR) is 76.1 cm³/mol. The smallest absolute Gasteiger partial charge is 0.0601 e. The zero-order chi connectivity index (χ0) is 12.8. The summed E-state index contributed by atoms with van der Waals surface area (Å²) in [5, 5.41) is 12.8. The van der Waals surface area contributed by atoms with Crippen LogP contribution in [-0.2, 0) is 6.42 Å². The van der Waals surface area contributed by atoms with Gasteiger partial charge >= 0.3 is 0 Å². The molecule has 0 spiro atoms. The number of para-hydroxylation sites is 1. The van der Waals surface area contributed by atoms with Crippen LogP contribution in [0.1, 0.15) is 25.3 Å². The van der Waals surface area contributed by atoms with Gasteiger partial charge in [-0.1, -0.05) is 25.1 Å². The lowest BCUT2D eigenvalue weighted by Gasteiger charge is -2.34. The van der Waals surface area contributed by atoms with E-state index in [1.54, 1.807) is 0 Å². The largest absolute Gasteiger partial charge is 0.395 e. The monoisotopic (exact) mass is 248 g/mol. The minimum absolute atomic E-state index is 0.177. The summed E-state index contributed by atoms with van der Waals surface area (Å²) in [5.41, 5.74) is 2.79. The second kappa shape index (κ2) is 6.76. The second-order valence-corrected chi connectivity index (χ2v) is 5.01. The van der Waals surface area contributed by atoms with Crippen LogP contribution >= 0.6 is 0 Å². The maximum Gasteiger partial charge on any atom is 0.0601 e. The van der Waals surface area contributed by atoms with Crippen LogP contribution in [0.25, 0.3) is 0 Å². The Morgan fingerprint density at radius 3 is 3.00 bits per heavy atom. The second-order valence-electron chi connectivity index (χ2n) is 5.01. The molecule has 100 valence electrons. The van der Waals surface area contributed by atoms with Crippen LogP contribution in [0.4, 0.5) is 5.69 Å². The minimum atomic E-state index is 0.177. The third-order valence-corrected chi connectivity index (χ3v) is 3.55. The molecule has 0 amide bonds. The summed E-state index contributed by atoms with van der Waals surface area (Å²) in [7, 11) is 0. The van der Waals surface area contributed by atoms with Crippen molar-refractivity contribution in [2.24, 2.45) is 0 Å². The van der Waals surface area contributed by atoms with Crippen molar-refractivity contribution in [2.75, 3.05) is 31.1 Å². The molecule has 1 aromatic carbocycles. The average Bonchev–Trinajstić information content (AvgIpc) is 2.43. The first-order valence-electron chi connectivity index (χ1n) is 7.02. The van der Waals surface area contributed by atoms with Gasteiger partial charge in [0, 0.05) is 24.8 Å². The van der Waals surface area contributed by atoms with Crippen molar-refractivity contribution in [1.29, 1.82) is 0 Å². The highest BCUT2D eigenvalue weighted by Crippen LogP contribution is 2.26. The molecule has 3 heteroatoms. The van der Waals surface area contributed by atoms with E-state index in [0.29, 0.717) is 0 Å². The fraction of sp³-hybridized carbons (Fsp3) is 0.600. The van der Waals surface area contributed by atoms with Gasteiger partial charge in [-0.3, -0.25) is 0 Å². The third-order valence-electron chi connectivity index (χ3n) is 3.55. The van der Waals surface area contributed by atoms with Gasteiger partial charge in [0.05, 0.1) is 6.61 Å². The summed E-state index contributed by atoms with van der Waals surface area (Å²) in [4.78, 5) is 2.41. The highest BCUT2D eigenvalue weighted by molar-refractivity contribution is 5.55. The lowest BCUT2D eigenvalue weighted by atomic mass is 10.0. The van der Waals surface area contributed by atoms with Crippen LogP contribution in [-0.4, -0.2) is 37.4 Å². The van der Waals surface area contributed by atoms with Crippen LogP contribution in [0.2, 0.25) is 0 Å². The third kappa shape index (κ3) is 3.24. The van der Waals surface area contributed by atoms with Crippen molar-refractivity contribution >= 4 is 5.69 Å². The quantitative estimate of drug-likeness (QED) is 0.806. The van der Waals surface area contributed by atoms with Crippen molar-refractivity contribution in [3.8, 4) is 0 Å². The van der Waals surface area contributed by atoms with E-state index in [1.165, 1.54) is 24.1 Å². The predicted octanol–water partition coefficient (Wildman–Crippen LogP) is 1.80. The lowest BCUT2D eigenvalue weighted by Crippen LogP contribution is -2.45. The summed E-state index contributed by atoms with van der Waals surface area (Å²) < 4.78 is 0. The van der Waals surface area contributed by atoms with Gasteiger partial charge in [0.15, 0.2) is 0 Å². The number of hydrogen-bond donors (Lipinski definition) is 2. The molecule has 1 atom stereocenters. The summed E-state index contributed by atoms with van der Waals surface area (Å²) in [5.74, 6) is 0. The van der Waals surface area contributed by atoms with E-state index in [1.807, 2.05) is 0 Å². The Bertz CT molecular complexity index is 367. The molecule has 3 nitrogen and oxygen atoms in total. The van der Waals surface area contributed by atoms with Crippen molar-refractivity contribution < 1.29 is 5.11 Å². The molecule has 18 heavy (non-hydrogen) atoms. The molecule has 1 unspecified atom stereocenters. The molecule has 1 aliphatic heterocycles. The summed E-state index contributed by atoms with van der Waals surface area (Å²) in [6.07, 6.45) is 3.49. The molecule has 0 saturated carbocycles. The van der Waals surface area contributed by atoms with Gasteiger partial charge in [-0.25, -0.2) is 0 Å². The zero-order valence-electron chi connectivity index (χ0n) is 11.2. The number of anilines is 1. The summed E-state index contributed by atoms with van der Waals surface area (Å²) in [6, 6.07) is 8.81. The normalized spacial score (nSPS) is 16.4. The number of nitrogens with one attached hydrogen (secondary N) is 1. The number of hydrogen-bond acceptors (Lipinski definition) is 3. The van der Waals surface area contributed by atoms with E-state index in [9.17, 15) is 5.11 Å². The van der Waals surface area contributed by atoms with Gasteiger partial charge in [-0.15, -0.1) is 0 Å². The molecule has 0 aliphatic carbocycles. The number of aliphatic hydroxyl groups is 1. The maximum absolute atomic E-state index is 9.44. The number of rotatable bonds is 6. The van der Waals surface area contributed by atoms with Crippen molar-refractivity contribution in [1.82, 2.24) is 5.32 Å². The van der Waals surface area contributed by atoms with Crippen molar-refractivity contribution in [3.05, 3.63) is 29.8 Å². The molecule has 1 aromatic rings. The lowest BCUT2D eigenvalue weighted by molar-refractivity contribution is 0.243. The standard InChI is InChI=1S/C15H24N2O/c1-2-9-16-14(12-18)11-17-10-5-7-13-6-3-4-8-15(13)17/h3-4,6,8,14,16,18H,2,5,7,9-12H2,1H3. The Hall–Kier alpha value is -1.06. The molecule has 0 radical (unpaired) electrons. The fourth-order valence-electron chi connectivity index (χ4n) is 2.60. The Labute approximate surface area is 110 Å². The molecule has 0 bridgehead atoms. The molecule has 2 rings (SSSR count). The van der Waals surface area contributed by atoms with Gasteiger partial charge in [0.1, 0.15) is 0 Å². The number of aryl methyl sites for hydroxylation is 1. The van der Waals surface area contributed by atoms with Crippen molar-refractivity contribution in [3.63, 3.8) is 0 Å². The van der Waals surface area contributed by atoms with E-state index < -0.39 is 0 Å². The molecule has 2 N–H and O–H groups in total. The Balaban J connectivity index is 2.01. The molecule has 0 saturated heterocycles. The minimum Gasteiger partial charge on any atom is -0.395 e. The summed E-state index contributed by atoms with van der Waals surface area (Å²) in [6.45, 7) is 5.33. The molecule has 0 fully saturated rings. The summed E-state index contributed by atoms with van der Waals surface area (Å²) >= 11 is 0. The van der Waals surface area contributed by atoms with Crippen LogP contribution < -0.4 is 10.2 Å². The number of nitrogens with zero attached hydrogens (tertiary/aromatic N) is 1. The highest BCUT2D eigenvalue weighted by atomic mass is 16.3. The van der Waals surface area contributed by atoms with E-state index in [0.717, 1.165) is 26.1 Å².